The number of urea groups is 1. The lowest BCUT2D eigenvalue weighted by Crippen LogP contribution is -2.42. The van der Waals surface area contributed by atoms with E-state index in [9.17, 15) is 27.6 Å². The lowest BCUT2D eigenvalue weighted by atomic mass is 9.87. The molecule has 8 heteroatoms. The number of amides is 3. The van der Waals surface area contributed by atoms with Gasteiger partial charge in [0.2, 0.25) is 0 Å². The Morgan fingerprint density at radius 2 is 1.86 bits per heavy atom. The van der Waals surface area contributed by atoms with Crippen LogP contribution in [-0.2, 0) is 21.3 Å². The summed E-state index contributed by atoms with van der Waals surface area (Å²) in [6.45, 7) is 1.90. The van der Waals surface area contributed by atoms with E-state index < -0.39 is 41.5 Å². The number of nitrogens with one attached hydrogen (secondary N) is 1. The van der Waals surface area contributed by atoms with E-state index in [1.165, 1.54) is 26.0 Å². The number of benzene rings is 1. The van der Waals surface area contributed by atoms with Crippen LogP contribution in [0.4, 0.5) is 18.0 Å². The molecular weight excluding hydrogens is 301 g/mol. The van der Waals surface area contributed by atoms with Gasteiger partial charge in [0.25, 0.3) is 5.91 Å². The van der Waals surface area contributed by atoms with Gasteiger partial charge in [0.15, 0.2) is 0 Å². The van der Waals surface area contributed by atoms with E-state index in [0.29, 0.717) is 4.90 Å². The molecule has 1 aromatic rings. The van der Waals surface area contributed by atoms with E-state index in [0.717, 1.165) is 12.1 Å². The van der Waals surface area contributed by atoms with Crippen LogP contribution >= 0.6 is 0 Å². The first kappa shape index (κ1) is 16.0. The highest BCUT2D eigenvalue weighted by Gasteiger charge is 2.52. The molecule has 3 amide bonds. The number of alkyl halides is 3. The van der Waals surface area contributed by atoms with Crippen molar-refractivity contribution < 1.29 is 27.6 Å². The molecule has 0 saturated carbocycles. The van der Waals surface area contributed by atoms with Crippen molar-refractivity contribution in [2.45, 2.75) is 25.6 Å². The molecule has 22 heavy (non-hydrogen) atoms. The van der Waals surface area contributed by atoms with Crippen molar-refractivity contribution in [1.82, 2.24) is 10.2 Å². The minimum absolute atomic E-state index is 0.355. The van der Waals surface area contributed by atoms with Gasteiger partial charge < -0.3 is 5.32 Å². The molecule has 0 unspecified atom stereocenters. The van der Waals surface area contributed by atoms with Gasteiger partial charge in [-0.3, -0.25) is 14.5 Å². The Labute approximate surface area is 124 Å². The highest BCUT2D eigenvalue weighted by Crippen LogP contribution is 2.39. The Bertz CT molecular complexity index is 657. The maximum atomic E-state index is 13.1. The molecule has 0 radical (unpaired) electrons. The molecule has 0 aromatic heterocycles. The Hall–Kier alpha value is -2.38. The zero-order chi connectivity index (χ0) is 16.7. The fourth-order valence-corrected chi connectivity index (χ4v) is 2.41. The largest absolute Gasteiger partial charge is 0.416 e. The van der Waals surface area contributed by atoms with E-state index in [2.05, 4.69) is 5.32 Å². The molecule has 0 bridgehead atoms. The summed E-state index contributed by atoms with van der Waals surface area (Å²) in [7, 11) is 0. The molecule has 1 aromatic carbocycles. The number of imide groups is 1. The molecule has 1 fully saturated rings. The summed E-state index contributed by atoms with van der Waals surface area (Å²) < 4.78 is 39.3. The van der Waals surface area contributed by atoms with Gasteiger partial charge in [-0.15, -0.1) is 0 Å². The number of halogens is 3. The van der Waals surface area contributed by atoms with Crippen molar-refractivity contribution in [2.75, 3.05) is 6.54 Å². The van der Waals surface area contributed by atoms with Gasteiger partial charge in [0.1, 0.15) is 11.3 Å². The summed E-state index contributed by atoms with van der Waals surface area (Å²) in [5.74, 6) is -1.33. The summed E-state index contributed by atoms with van der Waals surface area (Å²) in [6, 6.07) is 3.64. The zero-order valence-electron chi connectivity index (χ0n) is 11.8. The molecule has 1 saturated heterocycles. The zero-order valence-corrected chi connectivity index (χ0v) is 11.8. The number of Topliss-reactive ketones (excluding diaryl/α,β-unsaturated/α-hetero) is 1. The molecule has 1 atom stereocenters. The second kappa shape index (κ2) is 5.11. The first-order valence-corrected chi connectivity index (χ1v) is 6.37. The van der Waals surface area contributed by atoms with Gasteiger partial charge in [-0.2, -0.15) is 13.2 Å². The van der Waals surface area contributed by atoms with E-state index in [1.807, 2.05) is 0 Å². The summed E-state index contributed by atoms with van der Waals surface area (Å²) >= 11 is 0. The van der Waals surface area contributed by atoms with Gasteiger partial charge in [0, 0.05) is 0 Å². The monoisotopic (exact) mass is 314 g/mol. The predicted molar refractivity (Wildman–Crippen MR) is 69.7 cm³/mol. The van der Waals surface area contributed by atoms with Gasteiger partial charge in [-0.05, 0) is 25.5 Å². The van der Waals surface area contributed by atoms with E-state index in [1.54, 1.807) is 0 Å². The number of carbonyl (C=O) groups excluding carboxylic acids is 3. The minimum atomic E-state index is -4.67. The Morgan fingerprint density at radius 1 is 1.27 bits per heavy atom. The number of nitrogens with zero attached hydrogens (tertiary/aromatic N) is 1. The van der Waals surface area contributed by atoms with Crippen LogP contribution in [0, 0.1) is 0 Å². The average Bonchev–Trinajstić information content (AvgIpc) is 2.62. The quantitative estimate of drug-likeness (QED) is 0.869. The normalized spacial score (nSPS) is 22.0. The lowest BCUT2D eigenvalue weighted by Gasteiger charge is -2.25. The molecule has 0 spiro atoms. The fraction of sp³-hybridized carbons (Fsp3) is 0.357. The summed E-state index contributed by atoms with van der Waals surface area (Å²) in [5, 5.41) is 2.25. The number of carbonyl (C=O) groups is 3. The van der Waals surface area contributed by atoms with Crippen LogP contribution in [0.3, 0.4) is 0 Å². The second-order valence-electron chi connectivity index (χ2n) is 5.19. The Morgan fingerprint density at radius 3 is 2.41 bits per heavy atom. The minimum Gasteiger partial charge on any atom is -0.319 e. The Balaban J connectivity index is 2.52. The van der Waals surface area contributed by atoms with Crippen LogP contribution in [0.5, 0.6) is 0 Å². The van der Waals surface area contributed by atoms with Crippen molar-refractivity contribution >= 4 is 17.7 Å². The van der Waals surface area contributed by atoms with E-state index in [-0.39, 0.29) is 5.56 Å². The molecule has 1 heterocycles. The third kappa shape index (κ3) is 2.56. The first-order chi connectivity index (χ1) is 10.1. The van der Waals surface area contributed by atoms with E-state index in [4.69, 9.17) is 0 Å². The second-order valence-corrected chi connectivity index (χ2v) is 5.19. The molecule has 0 aliphatic carbocycles. The van der Waals surface area contributed by atoms with Crippen molar-refractivity contribution in [3.05, 3.63) is 35.4 Å². The van der Waals surface area contributed by atoms with Gasteiger partial charge in [-0.1, -0.05) is 18.2 Å². The summed E-state index contributed by atoms with van der Waals surface area (Å²) in [4.78, 5) is 35.9. The van der Waals surface area contributed by atoms with Gasteiger partial charge in [-0.25, -0.2) is 4.79 Å². The van der Waals surface area contributed by atoms with Crippen LogP contribution < -0.4 is 5.32 Å². The molecule has 1 aliphatic heterocycles. The first-order valence-electron chi connectivity index (χ1n) is 6.37. The van der Waals surface area contributed by atoms with Gasteiger partial charge >= 0.3 is 12.2 Å². The van der Waals surface area contributed by atoms with Crippen molar-refractivity contribution in [1.29, 1.82) is 0 Å². The van der Waals surface area contributed by atoms with Crippen LogP contribution in [-0.4, -0.2) is 29.2 Å². The third-order valence-corrected chi connectivity index (χ3v) is 3.43. The fourth-order valence-electron chi connectivity index (χ4n) is 2.41. The van der Waals surface area contributed by atoms with Crippen molar-refractivity contribution in [2.24, 2.45) is 0 Å². The van der Waals surface area contributed by atoms with Crippen LogP contribution in [0.1, 0.15) is 25.0 Å². The molecule has 118 valence electrons. The standard InChI is InChI=1S/C14H13F3N2O3/c1-8(20)7-19-11(21)13(2,18-12(19)22)9-5-3-4-6-10(9)14(15,16)17/h3-6H,7H2,1-2H3,(H,18,22)/t13-/m0/s1. The molecule has 1 aliphatic rings. The third-order valence-electron chi connectivity index (χ3n) is 3.43. The average molecular weight is 314 g/mol. The topological polar surface area (TPSA) is 66.5 Å². The summed E-state index contributed by atoms with van der Waals surface area (Å²) in [6.07, 6.45) is -4.67. The number of hydrogen-bond acceptors (Lipinski definition) is 3. The van der Waals surface area contributed by atoms with Gasteiger partial charge in [0.05, 0.1) is 12.1 Å². The summed E-state index contributed by atoms with van der Waals surface area (Å²) in [5.41, 5.74) is -3.22. The number of hydrogen-bond donors (Lipinski definition) is 1. The SMILES string of the molecule is CC(=O)CN1C(=O)N[C@@](C)(c2ccccc2C(F)(F)F)C1=O. The van der Waals surface area contributed by atoms with Crippen molar-refractivity contribution in [3.63, 3.8) is 0 Å². The molecule has 1 N–H and O–H groups in total. The number of ketones is 1. The van der Waals surface area contributed by atoms with Crippen molar-refractivity contribution in [3.8, 4) is 0 Å². The van der Waals surface area contributed by atoms with Crippen LogP contribution in [0.2, 0.25) is 0 Å². The highest BCUT2D eigenvalue weighted by molar-refractivity contribution is 6.09. The molecule has 2 rings (SSSR count). The van der Waals surface area contributed by atoms with E-state index >= 15 is 0 Å². The highest BCUT2D eigenvalue weighted by atomic mass is 19.4. The lowest BCUT2D eigenvalue weighted by molar-refractivity contribution is -0.140. The number of rotatable bonds is 3. The van der Waals surface area contributed by atoms with Crippen LogP contribution in [0.15, 0.2) is 24.3 Å². The molecular formula is C14H13F3N2O3. The molecule has 5 nitrogen and oxygen atoms in total. The van der Waals surface area contributed by atoms with Crippen LogP contribution in [0.25, 0.3) is 0 Å². The Kier molecular flexibility index (Phi) is 3.72. The predicted octanol–water partition coefficient (Wildman–Crippen LogP) is 2.06. The maximum absolute atomic E-state index is 13.1. The maximum Gasteiger partial charge on any atom is 0.416 e. The smallest absolute Gasteiger partial charge is 0.319 e.